The Balaban J connectivity index is 1.85. The van der Waals surface area contributed by atoms with Crippen LogP contribution in [0.2, 0.25) is 0 Å². The number of carbonyl (C=O) groups is 1. The normalized spacial score (nSPS) is 13.2. The third-order valence-electron chi connectivity index (χ3n) is 5.63. The molecule has 2 aromatic carbocycles. The molecule has 1 unspecified atom stereocenters. The van der Waals surface area contributed by atoms with E-state index in [1.54, 1.807) is 18.2 Å². The summed E-state index contributed by atoms with van der Waals surface area (Å²) in [5, 5.41) is 22.7. The van der Waals surface area contributed by atoms with Gasteiger partial charge in [-0.3, -0.25) is 14.7 Å². The van der Waals surface area contributed by atoms with Crippen LogP contribution in [0.3, 0.4) is 0 Å². The highest BCUT2D eigenvalue weighted by molar-refractivity contribution is 7.92. The minimum Gasteiger partial charge on any atom is -0.396 e. The molecule has 0 saturated carbocycles. The van der Waals surface area contributed by atoms with Crippen LogP contribution in [-0.4, -0.2) is 52.0 Å². The van der Waals surface area contributed by atoms with Gasteiger partial charge in [-0.05, 0) is 43.5 Å². The first-order valence-corrected chi connectivity index (χ1v) is 12.0. The molecule has 8 nitrogen and oxygen atoms in total. The zero-order valence-corrected chi connectivity index (χ0v) is 19.0. The standard InChI is InChI=1S/C23H24FN3O5S/c1-23(22(29)26-30,33(2,31)32)10-11-27-21-14-20(24)18(13-19(21)15-25-27)8-7-16-3-5-17(6-4-16)9-12-28/h3-6,13-15,28,30H,9-12H2,1-2H3,(H,26,29). The van der Waals surface area contributed by atoms with E-state index in [1.165, 1.54) is 29.3 Å². The Labute approximate surface area is 190 Å². The summed E-state index contributed by atoms with van der Waals surface area (Å²) in [6.45, 7) is 1.28. The summed E-state index contributed by atoms with van der Waals surface area (Å²) < 4.78 is 38.5. The zero-order valence-electron chi connectivity index (χ0n) is 18.2. The Morgan fingerprint density at radius 2 is 1.94 bits per heavy atom. The molecule has 3 N–H and O–H groups in total. The Morgan fingerprint density at radius 1 is 1.24 bits per heavy atom. The molecule has 0 bridgehead atoms. The number of aliphatic hydroxyl groups is 1. The number of hydroxylamine groups is 1. The van der Waals surface area contributed by atoms with Crippen LogP contribution < -0.4 is 5.48 Å². The van der Waals surface area contributed by atoms with Crippen molar-refractivity contribution >= 4 is 26.6 Å². The summed E-state index contributed by atoms with van der Waals surface area (Å²) in [5.41, 5.74) is 3.69. The van der Waals surface area contributed by atoms with Gasteiger partial charge in [-0.2, -0.15) is 5.10 Å². The number of carbonyl (C=O) groups excluding carboxylic acids is 1. The third-order valence-corrected chi connectivity index (χ3v) is 7.65. The van der Waals surface area contributed by atoms with E-state index in [4.69, 9.17) is 10.3 Å². The fourth-order valence-corrected chi connectivity index (χ4v) is 4.15. The first-order valence-electron chi connectivity index (χ1n) is 10.1. The summed E-state index contributed by atoms with van der Waals surface area (Å²) in [6.07, 6.45) is 2.79. The number of nitrogens with one attached hydrogen (secondary N) is 1. The summed E-state index contributed by atoms with van der Waals surface area (Å²) in [7, 11) is -3.85. The molecule has 33 heavy (non-hydrogen) atoms. The molecule has 174 valence electrons. The molecule has 0 fully saturated rings. The molecule has 10 heteroatoms. The first kappa shape index (κ1) is 24.4. The SMILES string of the molecule is CC(CCn1ncc2cc(C#Cc3ccc(CCO)cc3)c(F)cc21)(C(=O)NO)S(C)(=O)=O. The van der Waals surface area contributed by atoms with Gasteiger partial charge >= 0.3 is 0 Å². The average Bonchev–Trinajstić information content (AvgIpc) is 3.17. The van der Waals surface area contributed by atoms with Crippen LogP contribution in [0, 0.1) is 17.7 Å². The number of halogens is 1. The fraction of sp³-hybridized carbons (Fsp3) is 0.304. The highest BCUT2D eigenvalue weighted by atomic mass is 32.2. The van der Waals surface area contributed by atoms with E-state index >= 15 is 0 Å². The summed E-state index contributed by atoms with van der Waals surface area (Å²) >= 11 is 0. The molecule has 1 aromatic heterocycles. The van der Waals surface area contributed by atoms with E-state index < -0.39 is 26.3 Å². The maximum atomic E-state index is 14.7. The fourth-order valence-electron chi connectivity index (χ4n) is 3.30. The van der Waals surface area contributed by atoms with Gasteiger partial charge in [0.2, 0.25) is 0 Å². The third kappa shape index (κ3) is 5.22. The van der Waals surface area contributed by atoms with Gasteiger partial charge in [0.05, 0.1) is 17.3 Å². The lowest BCUT2D eigenvalue weighted by Gasteiger charge is -2.25. The average molecular weight is 474 g/mol. The molecule has 0 aliphatic heterocycles. The largest absolute Gasteiger partial charge is 0.396 e. The van der Waals surface area contributed by atoms with Crippen molar-refractivity contribution in [2.45, 2.75) is 31.1 Å². The Kier molecular flexibility index (Phi) is 7.17. The van der Waals surface area contributed by atoms with Crippen LogP contribution in [-0.2, 0) is 27.6 Å². The van der Waals surface area contributed by atoms with Crippen LogP contribution in [0.25, 0.3) is 10.9 Å². The lowest BCUT2D eigenvalue weighted by Crippen LogP contribution is -2.49. The number of fused-ring (bicyclic) bond motifs is 1. The molecular weight excluding hydrogens is 449 g/mol. The van der Waals surface area contributed by atoms with Crippen molar-refractivity contribution in [1.29, 1.82) is 0 Å². The minimum absolute atomic E-state index is 0.00510. The monoisotopic (exact) mass is 473 g/mol. The molecule has 0 spiro atoms. The molecule has 0 saturated heterocycles. The summed E-state index contributed by atoms with van der Waals surface area (Å²) in [4.78, 5) is 12.0. The molecule has 0 aliphatic carbocycles. The lowest BCUT2D eigenvalue weighted by molar-refractivity contribution is -0.131. The molecule has 1 heterocycles. The number of amides is 1. The predicted molar refractivity (Wildman–Crippen MR) is 121 cm³/mol. The van der Waals surface area contributed by atoms with Crippen molar-refractivity contribution < 1.29 is 27.9 Å². The van der Waals surface area contributed by atoms with Gasteiger partial charge in [0.1, 0.15) is 5.82 Å². The minimum atomic E-state index is -3.85. The molecule has 3 rings (SSSR count). The van der Waals surface area contributed by atoms with Gasteiger partial charge in [0.15, 0.2) is 14.6 Å². The Bertz CT molecular complexity index is 1340. The van der Waals surface area contributed by atoms with Crippen molar-refractivity contribution in [2.75, 3.05) is 12.9 Å². The second-order valence-electron chi connectivity index (χ2n) is 7.87. The van der Waals surface area contributed by atoms with E-state index in [1.807, 2.05) is 12.1 Å². The quantitative estimate of drug-likeness (QED) is 0.273. The number of aryl methyl sites for hydroxylation is 1. The van der Waals surface area contributed by atoms with E-state index in [0.29, 0.717) is 22.9 Å². The second kappa shape index (κ2) is 9.70. The number of hydrogen-bond donors (Lipinski definition) is 3. The van der Waals surface area contributed by atoms with Crippen molar-refractivity contribution in [1.82, 2.24) is 15.3 Å². The number of benzene rings is 2. The van der Waals surface area contributed by atoms with Crippen LogP contribution in [0.15, 0.2) is 42.6 Å². The van der Waals surface area contributed by atoms with E-state index in [2.05, 4.69) is 16.9 Å². The number of hydrogen-bond acceptors (Lipinski definition) is 6. The molecule has 0 radical (unpaired) electrons. The van der Waals surface area contributed by atoms with E-state index in [0.717, 1.165) is 11.8 Å². The maximum absolute atomic E-state index is 14.7. The molecule has 1 atom stereocenters. The van der Waals surface area contributed by atoms with Gasteiger partial charge in [-0.1, -0.05) is 24.0 Å². The number of sulfone groups is 1. The summed E-state index contributed by atoms with van der Waals surface area (Å²) in [5.74, 6) is 4.11. The van der Waals surface area contributed by atoms with Crippen LogP contribution >= 0.6 is 0 Å². The van der Waals surface area contributed by atoms with Crippen LogP contribution in [0.4, 0.5) is 4.39 Å². The highest BCUT2D eigenvalue weighted by Gasteiger charge is 2.43. The van der Waals surface area contributed by atoms with Crippen molar-refractivity contribution in [3.05, 3.63) is 65.1 Å². The van der Waals surface area contributed by atoms with Crippen molar-refractivity contribution in [3.63, 3.8) is 0 Å². The van der Waals surface area contributed by atoms with Gasteiger partial charge in [0.25, 0.3) is 5.91 Å². The lowest BCUT2D eigenvalue weighted by atomic mass is 10.1. The maximum Gasteiger partial charge on any atom is 0.264 e. The smallest absolute Gasteiger partial charge is 0.264 e. The predicted octanol–water partition coefficient (Wildman–Crippen LogP) is 1.81. The number of aliphatic hydroxyl groups excluding tert-OH is 1. The molecule has 1 amide bonds. The highest BCUT2D eigenvalue weighted by Crippen LogP contribution is 2.24. The van der Waals surface area contributed by atoms with Crippen LogP contribution in [0.1, 0.15) is 30.0 Å². The van der Waals surface area contributed by atoms with E-state index in [9.17, 15) is 17.6 Å². The first-order chi connectivity index (χ1) is 15.6. The second-order valence-corrected chi connectivity index (χ2v) is 10.3. The zero-order chi connectivity index (χ0) is 24.2. The molecule has 3 aromatic rings. The van der Waals surface area contributed by atoms with Gasteiger partial charge in [-0.25, -0.2) is 18.3 Å². The molecular formula is C23H24FN3O5S. The molecule has 0 aliphatic rings. The topological polar surface area (TPSA) is 122 Å². The van der Waals surface area contributed by atoms with Gasteiger partial charge in [0, 0.05) is 36.4 Å². The van der Waals surface area contributed by atoms with Crippen LogP contribution in [0.5, 0.6) is 0 Å². The van der Waals surface area contributed by atoms with Crippen molar-refractivity contribution in [2.24, 2.45) is 0 Å². The Morgan fingerprint density at radius 3 is 2.55 bits per heavy atom. The summed E-state index contributed by atoms with van der Waals surface area (Å²) in [6, 6.07) is 10.1. The van der Waals surface area contributed by atoms with Crippen molar-refractivity contribution in [3.8, 4) is 11.8 Å². The number of rotatable bonds is 7. The number of aromatic nitrogens is 2. The van der Waals surface area contributed by atoms with Gasteiger partial charge in [-0.15, -0.1) is 0 Å². The van der Waals surface area contributed by atoms with Gasteiger partial charge < -0.3 is 5.11 Å². The van der Waals surface area contributed by atoms with E-state index in [-0.39, 0.29) is 25.1 Å². The Hall–Kier alpha value is -3.26. The number of nitrogens with zero attached hydrogens (tertiary/aromatic N) is 2.